The molecule has 0 radical (unpaired) electrons. The van der Waals surface area contributed by atoms with Crippen LogP contribution in [-0.4, -0.2) is 82.3 Å². The van der Waals surface area contributed by atoms with Crippen molar-refractivity contribution in [3.63, 3.8) is 0 Å². The monoisotopic (exact) mass is 1460 g/mol. The molecule has 0 aliphatic carbocycles. The topological polar surface area (TPSA) is 111 Å². The van der Waals surface area contributed by atoms with Crippen molar-refractivity contribution >= 4 is 17.9 Å². The van der Waals surface area contributed by atoms with Gasteiger partial charge in [-0.2, -0.15) is 0 Å². The normalized spacial score (nSPS) is 13.5. The van der Waals surface area contributed by atoms with Gasteiger partial charge in [0.05, 0.1) is 40.3 Å². The summed E-state index contributed by atoms with van der Waals surface area (Å²) in [4.78, 5) is 37.7. The van der Waals surface area contributed by atoms with E-state index in [-0.39, 0.29) is 38.6 Å². The number of carbonyl (C=O) groups excluding carboxylic acids is 3. The third kappa shape index (κ3) is 85.8. The number of allylic oxidation sites excluding steroid dienone is 28. The van der Waals surface area contributed by atoms with Crippen molar-refractivity contribution in [2.75, 3.05) is 47.5 Å². The Morgan fingerprint density at radius 3 is 0.762 bits per heavy atom. The Morgan fingerprint density at radius 1 is 0.286 bits per heavy atom. The van der Waals surface area contributed by atoms with Gasteiger partial charge in [0.2, 0.25) is 0 Å². The lowest BCUT2D eigenvalue weighted by atomic mass is 10.0. The van der Waals surface area contributed by atoms with Gasteiger partial charge in [-0.25, -0.2) is 0 Å². The Balaban J connectivity index is 4.02. The molecule has 0 aromatic rings. The number of ether oxygens (including phenoxy) is 4. The molecule has 9 nitrogen and oxygen atoms in total. The first-order valence-corrected chi connectivity index (χ1v) is 43.3. The summed E-state index contributed by atoms with van der Waals surface area (Å²) >= 11 is 0. The maximum Gasteiger partial charge on any atom is 0.306 e. The Bertz CT molecular complexity index is 2350. The van der Waals surface area contributed by atoms with Crippen LogP contribution in [0.4, 0.5) is 0 Å². The van der Waals surface area contributed by atoms with Crippen molar-refractivity contribution in [1.29, 1.82) is 0 Å². The zero-order valence-corrected chi connectivity index (χ0v) is 68.5. The lowest BCUT2D eigenvalue weighted by molar-refractivity contribution is -0.870. The number of quaternary nitrogens is 1. The van der Waals surface area contributed by atoms with E-state index in [0.717, 1.165) is 135 Å². The van der Waals surface area contributed by atoms with Gasteiger partial charge in [-0.3, -0.25) is 9.59 Å². The lowest BCUT2D eigenvalue weighted by Gasteiger charge is -2.26. The van der Waals surface area contributed by atoms with E-state index in [0.29, 0.717) is 17.4 Å². The van der Waals surface area contributed by atoms with Gasteiger partial charge >= 0.3 is 11.9 Å². The number of aliphatic carboxylic acids is 1. The van der Waals surface area contributed by atoms with E-state index in [4.69, 9.17) is 18.9 Å². The smallest absolute Gasteiger partial charge is 0.306 e. The molecule has 0 N–H and O–H groups in total. The predicted molar refractivity (Wildman–Crippen MR) is 453 cm³/mol. The van der Waals surface area contributed by atoms with Gasteiger partial charge in [-0.15, -0.1) is 0 Å². The molecular weight excluding hydrogens is 1300 g/mol. The molecule has 2 unspecified atom stereocenters. The third-order valence-electron chi connectivity index (χ3n) is 18.5. The Labute approximate surface area is 647 Å². The van der Waals surface area contributed by atoms with Gasteiger partial charge in [0.25, 0.3) is 0 Å². The molecule has 0 aliphatic heterocycles. The van der Waals surface area contributed by atoms with Crippen LogP contribution in [0, 0.1) is 0 Å². The van der Waals surface area contributed by atoms with Gasteiger partial charge in [0.15, 0.2) is 12.4 Å². The van der Waals surface area contributed by atoms with Gasteiger partial charge in [0, 0.05) is 12.8 Å². The van der Waals surface area contributed by atoms with Crippen molar-refractivity contribution in [3.05, 3.63) is 170 Å². The molecular formula is C96H161NO8. The van der Waals surface area contributed by atoms with E-state index >= 15 is 0 Å². The molecule has 0 aliphatic rings. The number of carbonyl (C=O) groups is 3. The van der Waals surface area contributed by atoms with Crippen molar-refractivity contribution < 1.29 is 42.9 Å². The minimum Gasteiger partial charge on any atom is -0.545 e. The van der Waals surface area contributed by atoms with Crippen molar-refractivity contribution in [2.45, 2.75) is 373 Å². The molecule has 0 saturated carbocycles. The lowest BCUT2D eigenvalue weighted by Crippen LogP contribution is -2.44. The maximum atomic E-state index is 13.0. The van der Waals surface area contributed by atoms with E-state index in [1.165, 1.54) is 193 Å². The highest BCUT2D eigenvalue weighted by atomic mass is 16.7. The number of likely N-dealkylation sites (N-methyl/N-ethyl adjacent to an activating group) is 1. The molecule has 0 aromatic carbocycles. The van der Waals surface area contributed by atoms with Crippen LogP contribution in [0.2, 0.25) is 0 Å². The van der Waals surface area contributed by atoms with E-state index in [1.807, 2.05) is 21.1 Å². The zero-order chi connectivity index (χ0) is 76.0. The van der Waals surface area contributed by atoms with Crippen LogP contribution in [0.3, 0.4) is 0 Å². The van der Waals surface area contributed by atoms with Gasteiger partial charge < -0.3 is 33.3 Å². The van der Waals surface area contributed by atoms with Crippen molar-refractivity contribution in [3.8, 4) is 0 Å². The standard InChI is InChI=1S/C96H161NO8/c1-6-8-10-12-14-16-18-20-22-24-26-28-30-32-34-36-38-40-42-44-46-47-49-51-53-55-57-59-61-63-65-67-69-71-73-75-77-79-81-83-85-87-94(99)105-92(91-104-96(95(100)101)102-89-88-97(3,4)5)90-103-93(98)86-84-82-80-78-76-74-72-70-68-66-64-62-60-58-56-54-52-50-48-45-43-41-39-37-35-33-31-29-27-25-23-21-19-17-15-13-11-9-7-2/h8-11,14-17,20-23,26-29,32,34,38,40,44,46,49,51,55,57,61,63,92,96H,6-7,12-13,18-19,24-25,30-31,33,35-37,39,41-43,45,47-48,50,52-54,56,58-60,62,64-91H2,1-5H3/b10-8-,11-9-,16-14-,17-15-,22-20-,23-21-,28-26-,29-27-,34-32-,40-38-,46-44-,51-49-,57-55-,63-61-. The number of esters is 2. The summed E-state index contributed by atoms with van der Waals surface area (Å²) in [5, 5.41) is 11.9. The fourth-order valence-electron chi connectivity index (χ4n) is 12.0. The predicted octanol–water partition coefficient (Wildman–Crippen LogP) is 27.1. The summed E-state index contributed by atoms with van der Waals surface area (Å²) in [5.41, 5.74) is 0. The van der Waals surface area contributed by atoms with Crippen LogP contribution >= 0.6 is 0 Å². The van der Waals surface area contributed by atoms with Gasteiger partial charge in [0.1, 0.15) is 13.2 Å². The second-order valence-corrected chi connectivity index (χ2v) is 29.7. The van der Waals surface area contributed by atoms with Crippen LogP contribution < -0.4 is 5.11 Å². The van der Waals surface area contributed by atoms with Gasteiger partial charge in [-0.05, 0) is 128 Å². The summed E-state index contributed by atoms with van der Waals surface area (Å²) in [6.45, 7) is 4.54. The van der Waals surface area contributed by atoms with Crippen molar-refractivity contribution in [1.82, 2.24) is 0 Å². The summed E-state index contributed by atoms with van der Waals surface area (Å²) in [7, 11) is 5.94. The summed E-state index contributed by atoms with van der Waals surface area (Å²) in [5.74, 6) is -2.28. The number of rotatable bonds is 79. The highest BCUT2D eigenvalue weighted by Gasteiger charge is 2.22. The number of nitrogens with zero attached hydrogens (tertiary/aromatic N) is 1. The number of unbranched alkanes of at least 4 members (excludes halogenated alkanes) is 36. The van der Waals surface area contributed by atoms with Crippen LogP contribution in [0.5, 0.6) is 0 Å². The Kier molecular flexibility index (Phi) is 80.0. The number of hydrogen-bond donors (Lipinski definition) is 0. The zero-order valence-electron chi connectivity index (χ0n) is 68.5. The molecule has 0 aromatic heterocycles. The average molecular weight is 1460 g/mol. The summed E-state index contributed by atoms with van der Waals surface area (Å²) in [6, 6.07) is 0. The van der Waals surface area contributed by atoms with E-state index in [1.54, 1.807) is 0 Å². The molecule has 105 heavy (non-hydrogen) atoms. The number of hydrogen-bond acceptors (Lipinski definition) is 8. The molecule has 0 spiro atoms. The highest BCUT2D eigenvalue weighted by molar-refractivity contribution is 5.70. The second kappa shape index (κ2) is 84.3. The number of carboxylic acids is 1. The van der Waals surface area contributed by atoms with Crippen LogP contribution in [0.1, 0.15) is 361 Å². The van der Waals surface area contributed by atoms with Crippen molar-refractivity contribution in [2.24, 2.45) is 0 Å². The molecule has 0 rings (SSSR count). The minimum absolute atomic E-state index is 0.142. The molecule has 0 heterocycles. The largest absolute Gasteiger partial charge is 0.545 e. The first kappa shape index (κ1) is 99.7. The minimum atomic E-state index is -1.63. The molecule has 0 saturated heterocycles. The summed E-state index contributed by atoms with van der Waals surface area (Å²) in [6.07, 6.45) is 124. The molecule has 0 amide bonds. The highest BCUT2D eigenvalue weighted by Crippen LogP contribution is 2.19. The fourth-order valence-corrected chi connectivity index (χ4v) is 12.0. The molecule has 9 heteroatoms. The molecule has 0 fully saturated rings. The maximum absolute atomic E-state index is 13.0. The van der Waals surface area contributed by atoms with E-state index in [2.05, 4.69) is 184 Å². The molecule has 598 valence electrons. The SMILES string of the molecule is CC/C=C\C/C=C\C/C=C\C/C=C\C/C=C\C/C=C\C/C=C\C/C=C\C/C=C\C/C=C\CCCCCCCCCCCCC(=O)OC(COC(=O)CCCCCCCCCCCCCCCCCCCCCCCCCCCC/C=C\C/C=C\C/C=C\C/C=C\CC)COC(OCC[N+](C)(C)C)C(=O)[O-]. The molecule has 2 atom stereocenters. The first-order chi connectivity index (χ1) is 51.6. The quantitative estimate of drug-likeness (QED) is 0.0195. The van der Waals surface area contributed by atoms with E-state index < -0.39 is 24.3 Å². The summed E-state index contributed by atoms with van der Waals surface area (Å²) < 4.78 is 22.9. The average Bonchev–Trinajstić information content (AvgIpc) is 1.18. The van der Waals surface area contributed by atoms with Crippen LogP contribution in [0.25, 0.3) is 0 Å². The molecule has 0 bridgehead atoms. The van der Waals surface area contributed by atoms with Gasteiger partial charge in [-0.1, -0.05) is 389 Å². The third-order valence-corrected chi connectivity index (χ3v) is 18.5. The number of carboxylic acid groups (broad SMARTS) is 1. The fraction of sp³-hybridized carbons (Fsp3) is 0.677. The van der Waals surface area contributed by atoms with Crippen LogP contribution in [0.15, 0.2) is 170 Å². The van der Waals surface area contributed by atoms with E-state index in [9.17, 15) is 19.5 Å². The first-order valence-electron chi connectivity index (χ1n) is 43.3. The Morgan fingerprint density at radius 2 is 0.514 bits per heavy atom. The van der Waals surface area contributed by atoms with Crippen LogP contribution in [-0.2, 0) is 33.3 Å². The Hall–Kier alpha value is -5.35. The second-order valence-electron chi connectivity index (χ2n) is 29.7.